The average molecular weight is 239 g/mol. The van der Waals surface area contributed by atoms with Crippen LogP contribution in [-0.4, -0.2) is 39.6 Å². The Bertz CT molecular complexity index is 382. The topological polar surface area (TPSA) is 108 Å². The largest absolute Gasteiger partial charge is 0.481 e. The van der Waals surface area contributed by atoms with Gasteiger partial charge in [0.2, 0.25) is 0 Å². The molecule has 2 unspecified atom stereocenters. The molecule has 0 aromatic heterocycles. The summed E-state index contributed by atoms with van der Waals surface area (Å²) >= 11 is 0. The maximum Gasteiger partial charge on any atom is 0.310 e. The smallest absolute Gasteiger partial charge is 0.310 e. The Morgan fingerprint density at radius 3 is 2.12 bits per heavy atom. The van der Waals surface area contributed by atoms with Gasteiger partial charge in [-0.2, -0.15) is 0 Å². The zero-order valence-corrected chi connectivity index (χ0v) is 9.05. The van der Waals surface area contributed by atoms with Crippen LogP contribution in [0.1, 0.15) is 12.8 Å². The Labute approximate surface area is 97.4 Å². The van der Waals surface area contributed by atoms with Gasteiger partial charge in [0.25, 0.3) is 0 Å². The second-order valence-corrected chi connectivity index (χ2v) is 4.49. The predicted molar refractivity (Wildman–Crippen MR) is 57.0 cm³/mol. The van der Waals surface area contributed by atoms with E-state index in [2.05, 4.69) is 6.58 Å². The van der Waals surface area contributed by atoms with Crippen LogP contribution in [0.2, 0.25) is 0 Å². The Morgan fingerprint density at radius 2 is 1.71 bits per heavy atom. The van der Waals surface area contributed by atoms with Crippen LogP contribution in [0.3, 0.4) is 0 Å². The van der Waals surface area contributed by atoms with E-state index < -0.39 is 35.0 Å². The Kier molecular flexibility index (Phi) is 2.36. The Morgan fingerprint density at radius 1 is 1.24 bits per heavy atom. The van der Waals surface area contributed by atoms with Crippen LogP contribution in [0.5, 0.6) is 0 Å². The van der Waals surface area contributed by atoms with Gasteiger partial charge in [0.05, 0.1) is 0 Å². The van der Waals surface area contributed by atoms with Gasteiger partial charge < -0.3 is 20.4 Å². The van der Waals surface area contributed by atoms with Crippen LogP contribution in [0.15, 0.2) is 12.7 Å². The summed E-state index contributed by atoms with van der Waals surface area (Å²) in [6.07, 6.45) is 3.00. The number of carboxylic acid groups (broad SMARTS) is 2. The zero-order chi connectivity index (χ0) is 12.8. The van der Waals surface area contributed by atoms with Crippen molar-refractivity contribution in [1.82, 2.24) is 0 Å². The lowest BCUT2D eigenvalue weighted by Gasteiger charge is -2.31. The van der Waals surface area contributed by atoms with Crippen molar-refractivity contribution in [2.24, 2.45) is 11.8 Å². The van der Waals surface area contributed by atoms with E-state index in [9.17, 15) is 19.8 Å². The van der Waals surface area contributed by atoms with Crippen molar-refractivity contribution in [3.8, 4) is 0 Å². The summed E-state index contributed by atoms with van der Waals surface area (Å²) in [5.41, 5.74) is -2.46. The molecule has 0 amide bonds. The fourth-order valence-electron chi connectivity index (χ4n) is 3.01. The van der Waals surface area contributed by atoms with Crippen molar-refractivity contribution < 1.29 is 24.5 Å². The predicted octanol–water partition coefficient (Wildman–Crippen LogP) is 0.525. The molecule has 2 aliphatic rings. The number of carboxylic acids is 2. The minimum atomic E-state index is -1.30. The molecule has 0 aromatic carbocycles. The fraction of sp³-hybridized carbons (Fsp3) is 0.545. The number of nitrogens with one attached hydrogen (secondary N) is 1. The minimum absolute atomic E-state index is 0.337. The molecule has 3 N–H and O–H groups in total. The van der Waals surface area contributed by atoms with Gasteiger partial charge in [0, 0.05) is 6.21 Å². The molecule has 2 rings (SSSR count). The third kappa shape index (κ3) is 1.27. The number of ether oxygens (including phenoxy) is 1. The molecule has 2 bridgehead atoms. The molecule has 92 valence electrons. The lowest BCUT2D eigenvalue weighted by Crippen LogP contribution is -2.48. The third-order valence-corrected chi connectivity index (χ3v) is 3.79. The van der Waals surface area contributed by atoms with Crippen LogP contribution in [-0.2, 0) is 14.3 Å². The number of rotatable bonds is 4. The van der Waals surface area contributed by atoms with E-state index in [4.69, 9.17) is 10.1 Å². The summed E-state index contributed by atoms with van der Waals surface area (Å²) in [5, 5.41) is 25.7. The van der Waals surface area contributed by atoms with Crippen LogP contribution in [0.4, 0.5) is 0 Å². The average Bonchev–Trinajstić information content (AvgIpc) is 2.80. The summed E-state index contributed by atoms with van der Waals surface area (Å²) < 4.78 is 5.57. The molecule has 6 heteroatoms. The molecule has 6 nitrogen and oxygen atoms in total. The third-order valence-electron chi connectivity index (χ3n) is 3.79. The lowest BCUT2D eigenvalue weighted by molar-refractivity contribution is -0.155. The Balaban J connectivity index is 2.56. The minimum Gasteiger partial charge on any atom is -0.481 e. The van der Waals surface area contributed by atoms with Crippen LogP contribution < -0.4 is 0 Å². The van der Waals surface area contributed by atoms with E-state index in [-0.39, 0.29) is 0 Å². The fourth-order valence-corrected chi connectivity index (χ4v) is 3.01. The van der Waals surface area contributed by atoms with Gasteiger partial charge in [-0.1, -0.05) is 6.08 Å². The van der Waals surface area contributed by atoms with Gasteiger partial charge in [-0.05, 0) is 12.8 Å². The van der Waals surface area contributed by atoms with E-state index in [1.807, 2.05) is 0 Å². The second kappa shape index (κ2) is 3.40. The van der Waals surface area contributed by atoms with Crippen LogP contribution in [0.25, 0.3) is 0 Å². The van der Waals surface area contributed by atoms with E-state index in [0.717, 1.165) is 6.21 Å². The maximum absolute atomic E-state index is 11.3. The molecule has 2 heterocycles. The highest BCUT2D eigenvalue weighted by Crippen LogP contribution is 2.57. The molecule has 4 atom stereocenters. The summed E-state index contributed by atoms with van der Waals surface area (Å²) in [7, 11) is 0. The summed E-state index contributed by atoms with van der Waals surface area (Å²) in [5.74, 6) is -4.89. The van der Waals surface area contributed by atoms with Crippen LogP contribution >= 0.6 is 0 Å². The maximum atomic E-state index is 11.3. The van der Waals surface area contributed by atoms with Crippen molar-refractivity contribution in [2.75, 3.05) is 0 Å². The monoisotopic (exact) mass is 239 g/mol. The first-order valence-corrected chi connectivity index (χ1v) is 5.23. The summed E-state index contributed by atoms with van der Waals surface area (Å²) in [6.45, 7) is 3.55. The van der Waals surface area contributed by atoms with Crippen molar-refractivity contribution in [2.45, 2.75) is 24.0 Å². The number of aliphatic carboxylic acids is 2. The van der Waals surface area contributed by atoms with Gasteiger partial charge in [-0.15, -0.1) is 6.58 Å². The summed E-state index contributed by atoms with van der Waals surface area (Å²) in [4.78, 5) is 22.5. The number of hydrogen-bond donors (Lipinski definition) is 3. The van der Waals surface area contributed by atoms with Gasteiger partial charge in [0.1, 0.15) is 23.0 Å². The molecular formula is C11H13NO5. The molecule has 2 fully saturated rings. The molecule has 0 saturated carbocycles. The number of carbonyl (C=O) groups is 2. The van der Waals surface area contributed by atoms with Crippen molar-refractivity contribution >= 4 is 18.2 Å². The molecule has 2 aliphatic heterocycles. The molecule has 0 aromatic rings. The normalized spacial score (nSPS) is 43.3. The first-order chi connectivity index (χ1) is 7.92. The van der Waals surface area contributed by atoms with E-state index in [1.54, 1.807) is 0 Å². The van der Waals surface area contributed by atoms with Crippen molar-refractivity contribution in [3.05, 3.63) is 12.7 Å². The van der Waals surface area contributed by atoms with Crippen LogP contribution in [0, 0.1) is 17.2 Å². The van der Waals surface area contributed by atoms with E-state index in [1.165, 1.54) is 6.08 Å². The Hall–Kier alpha value is -1.69. The van der Waals surface area contributed by atoms with Gasteiger partial charge in [-0.25, -0.2) is 0 Å². The molecule has 0 aliphatic carbocycles. The number of fused-ring (bicyclic) bond motifs is 2. The van der Waals surface area contributed by atoms with E-state index in [0.29, 0.717) is 12.8 Å². The first kappa shape index (κ1) is 11.8. The molecule has 0 radical (unpaired) electrons. The highest BCUT2D eigenvalue weighted by Gasteiger charge is 2.70. The first-order valence-electron chi connectivity index (χ1n) is 5.23. The quantitative estimate of drug-likeness (QED) is 0.489. The second-order valence-electron chi connectivity index (χ2n) is 4.49. The van der Waals surface area contributed by atoms with Gasteiger partial charge in [0.15, 0.2) is 0 Å². The molecule has 2 saturated heterocycles. The van der Waals surface area contributed by atoms with Crippen molar-refractivity contribution in [3.63, 3.8) is 0 Å². The SMILES string of the molecule is C=C[C@]12CC[C@](C=N)(O1)C(C(=O)O)C2C(=O)O. The van der Waals surface area contributed by atoms with Crippen molar-refractivity contribution in [1.29, 1.82) is 5.41 Å². The standard InChI is InChI=1S/C11H13NO5/c1-2-10-3-4-11(5-12,17-10)7(9(15)16)6(10)8(13)14/h2,5-7,12H,1,3-4H2,(H,13,14)(H,15,16)/t6?,7?,10-,11-/m1/s1. The molecule has 0 spiro atoms. The van der Waals surface area contributed by atoms with Gasteiger partial charge >= 0.3 is 11.9 Å². The molecular weight excluding hydrogens is 226 g/mol. The van der Waals surface area contributed by atoms with Gasteiger partial charge in [-0.3, -0.25) is 9.59 Å². The lowest BCUT2D eigenvalue weighted by atomic mass is 9.67. The van der Waals surface area contributed by atoms with E-state index >= 15 is 0 Å². The molecule has 17 heavy (non-hydrogen) atoms. The zero-order valence-electron chi connectivity index (χ0n) is 9.05. The highest BCUT2D eigenvalue weighted by molar-refractivity contribution is 5.89. The summed E-state index contributed by atoms with van der Waals surface area (Å²) in [6, 6.07) is 0. The highest BCUT2D eigenvalue weighted by atomic mass is 16.5. The number of hydrogen-bond acceptors (Lipinski definition) is 4.